The smallest absolute Gasteiger partial charge is 0.316 e. The zero-order valence-electron chi connectivity index (χ0n) is 7.47. The van der Waals surface area contributed by atoms with E-state index in [0.717, 1.165) is 5.56 Å². The largest absolute Gasteiger partial charge is 0.467 e. The maximum atomic E-state index is 8.52. The molecule has 0 aliphatic rings. The van der Waals surface area contributed by atoms with Gasteiger partial charge in [-0.25, -0.2) is 9.97 Å². The highest BCUT2D eigenvalue weighted by molar-refractivity contribution is 5.46. The second-order valence-corrected chi connectivity index (χ2v) is 2.42. The number of nitrogens with zero attached hydrogens (tertiary/aromatic N) is 2. The van der Waals surface area contributed by atoms with Crippen LogP contribution < -0.4 is 4.74 Å². The van der Waals surface area contributed by atoms with Gasteiger partial charge in [0.15, 0.2) is 0 Å². The molecule has 70 valence electrons. The molecule has 0 spiro atoms. The van der Waals surface area contributed by atoms with Crippen molar-refractivity contribution >= 4 is 6.08 Å². The van der Waals surface area contributed by atoms with Crippen LogP contribution in [0.15, 0.2) is 18.5 Å². The molecule has 1 heterocycles. The van der Waals surface area contributed by atoms with Crippen LogP contribution in [0.25, 0.3) is 6.08 Å². The molecular formula is C9H12N2O2. The maximum Gasteiger partial charge on any atom is 0.316 e. The van der Waals surface area contributed by atoms with Crippen molar-refractivity contribution < 1.29 is 9.84 Å². The first kappa shape index (κ1) is 9.67. The van der Waals surface area contributed by atoms with Gasteiger partial charge in [-0.1, -0.05) is 12.2 Å². The van der Waals surface area contributed by atoms with Crippen molar-refractivity contribution in [1.82, 2.24) is 9.97 Å². The molecule has 1 N–H and O–H groups in total. The van der Waals surface area contributed by atoms with E-state index in [2.05, 4.69) is 9.97 Å². The van der Waals surface area contributed by atoms with Crippen LogP contribution in [0.3, 0.4) is 0 Å². The number of rotatable bonds is 4. The van der Waals surface area contributed by atoms with E-state index in [1.54, 1.807) is 12.4 Å². The van der Waals surface area contributed by atoms with E-state index in [1.165, 1.54) is 7.11 Å². The molecule has 1 rings (SSSR count). The van der Waals surface area contributed by atoms with Gasteiger partial charge in [-0.15, -0.1) is 0 Å². The fourth-order valence-electron chi connectivity index (χ4n) is 0.812. The molecule has 0 unspecified atom stereocenters. The number of methoxy groups -OCH3 is 1. The Morgan fingerprint density at radius 1 is 1.46 bits per heavy atom. The lowest BCUT2D eigenvalue weighted by atomic mass is 10.3. The first-order valence-electron chi connectivity index (χ1n) is 4.00. The van der Waals surface area contributed by atoms with Gasteiger partial charge in [0, 0.05) is 24.6 Å². The highest BCUT2D eigenvalue weighted by atomic mass is 16.5. The van der Waals surface area contributed by atoms with Gasteiger partial charge in [0.25, 0.3) is 0 Å². The van der Waals surface area contributed by atoms with Crippen LogP contribution in [0.4, 0.5) is 0 Å². The standard InChI is InChI=1S/C9H12N2O2/c1-13-9-10-6-8(7-11-9)4-2-3-5-12/h2,4,6-7,12H,3,5H2,1H3. The molecule has 0 fully saturated rings. The summed E-state index contributed by atoms with van der Waals surface area (Å²) in [5.41, 5.74) is 0.897. The average molecular weight is 180 g/mol. The van der Waals surface area contributed by atoms with Crippen LogP contribution in [0.2, 0.25) is 0 Å². The number of ether oxygens (including phenoxy) is 1. The minimum atomic E-state index is 0.160. The van der Waals surface area contributed by atoms with Crippen LogP contribution in [0, 0.1) is 0 Å². The Labute approximate surface area is 76.9 Å². The van der Waals surface area contributed by atoms with Crippen molar-refractivity contribution in [1.29, 1.82) is 0 Å². The molecule has 4 nitrogen and oxygen atoms in total. The summed E-state index contributed by atoms with van der Waals surface area (Å²) >= 11 is 0. The molecule has 0 saturated carbocycles. The zero-order chi connectivity index (χ0) is 9.52. The zero-order valence-corrected chi connectivity index (χ0v) is 7.47. The Hall–Kier alpha value is -1.42. The third-order valence-electron chi connectivity index (χ3n) is 1.44. The number of aliphatic hydroxyl groups excluding tert-OH is 1. The highest BCUT2D eigenvalue weighted by Crippen LogP contribution is 2.03. The van der Waals surface area contributed by atoms with Crippen molar-refractivity contribution in [3.05, 3.63) is 24.0 Å². The monoisotopic (exact) mass is 180 g/mol. The summed E-state index contributed by atoms with van der Waals surface area (Å²) in [6.45, 7) is 0.160. The number of hydrogen-bond donors (Lipinski definition) is 1. The molecule has 4 heteroatoms. The highest BCUT2D eigenvalue weighted by Gasteiger charge is 1.92. The molecular weight excluding hydrogens is 168 g/mol. The summed E-state index contributed by atoms with van der Waals surface area (Å²) in [4.78, 5) is 7.86. The van der Waals surface area contributed by atoms with E-state index >= 15 is 0 Å². The molecule has 1 aromatic heterocycles. The molecule has 13 heavy (non-hydrogen) atoms. The Bertz CT molecular complexity index is 269. The minimum absolute atomic E-state index is 0.160. The van der Waals surface area contributed by atoms with Crippen molar-refractivity contribution in [3.63, 3.8) is 0 Å². The van der Waals surface area contributed by atoms with Crippen molar-refractivity contribution in [2.45, 2.75) is 6.42 Å². The SMILES string of the molecule is COc1ncc(C=CCCO)cn1. The van der Waals surface area contributed by atoms with E-state index in [9.17, 15) is 0 Å². The quantitative estimate of drug-likeness (QED) is 0.747. The summed E-state index contributed by atoms with van der Waals surface area (Å²) in [5, 5.41) is 8.52. The fourth-order valence-corrected chi connectivity index (χ4v) is 0.812. The van der Waals surface area contributed by atoms with E-state index in [4.69, 9.17) is 9.84 Å². The van der Waals surface area contributed by atoms with Crippen LogP contribution in [-0.4, -0.2) is 28.8 Å². The van der Waals surface area contributed by atoms with E-state index in [-0.39, 0.29) is 6.61 Å². The first-order valence-corrected chi connectivity index (χ1v) is 4.00. The van der Waals surface area contributed by atoms with Gasteiger partial charge in [-0.2, -0.15) is 0 Å². The third kappa shape index (κ3) is 3.21. The van der Waals surface area contributed by atoms with Gasteiger partial charge in [0.05, 0.1) is 7.11 Å². The van der Waals surface area contributed by atoms with Crippen LogP contribution >= 0.6 is 0 Å². The lowest BCUT2D eigenvalue weighted by molar-refractivity contribution is 0.303. The van der Waals surface area contributed by atoms with E-state index < -0.39 is 0 Å². The Kier molecular flexibility index (Phi) is 3.92. The summed E-state index contributed by atoms with van der Waals surface area (Å²) in [6.07, 6.45) is 7.70. The van der Waals surface area contributed by atoms with Gasteiger partial charge in [-0.3, -0.25) is 0 Å². The molecule has 0 radical (unpaired) electrons. The molecule has 1 aromatic rings. The normalized spacial score (nSPS) is 10.6. The summed E-state index contributed by atoms with van der Waals surface area (Å²) < 4.78 is 4.81. The molecule has 0 saturated heterocycles. The molecule has 0 atom stereocenters. The van der Waals surface area contributed by atoms with Crippen molar-refractivity contribution in [3.8, 4) is 6.01 Å². The van der Waals surface area contributed by atoms with Gasteiger partial charge in [0.2, 0.25) is 0 Å². The van der Waals surface area contributed by atoms with Crippen LogP contribution in [0.5, 0.6) is 6.01 Å². The lowest BCUT2D eigenvalue weighted by Gasteiger charge is -1.96. The summed E-state index contributed by atoms with van der Waals surface area (Å²) in [6, 6.07) is 0.360. The predicted octanol–water partition coefficient (Wildman–Crippen LogP) is 0.881. The Balaban J connectivity index is 2.58. The minimum Gasteiger partial charge on any atom is -0.467 e. The Morgan fingerprint density at radius 2 is 2.15 bits per heavy atom. The number of aromatic nitrogens is 2. The molecule has 0 aromatic carbocycles. The third-order valence-corrected chi connectivity index (χ3v) is 1.44. The topological polar surface area (TPSA) is 55.2 Å². The predicted molar refractivity (Wildman–Crippen MR) is 49.3 cm³/mol. The second-order valence-electron chi connectivity index (χ2n) is 2.42. The molecule has 0 amide bonds. The van der Waals surface area contributed by atoms with Gasteiger partial charge in [0.1, 0.15) is 0 Å². The number of aliphatic hydroxyl groups is 1. The van der Waals surface area contributed by atoms with Crippen LogP contribution in [0.1, 0.15) is 12.0 Å². The second kappa shape index (κ2) is 5.27. The lowest BCUT2D eigenvalue weighted by Crippen LogP contribution is -1.90. The van der Waals surface area contributed by atoms with Gasteiger partial charge < -0.3 is 9.84 Å². The van der Waals surface area contributed by atoms with Crippen molar-refractivity contribution in [2.75, 3.05) is 13.7 Å². The van der Waals surface area contributed by atoms with Crippen molar-refractivity contribution in [2.24, 2.45) is 0 Å². The average Bonchev–Trinajstić information content (AvgIpc) is 2.19. The van der Waals surface area contributed by atoms with Gasteiger partial charge >= 0.3 is 6.01 Å². The Morgan fingerprint density at radius 3 is 2.69 bits per heavy atom. The summed E-state index contributed by atoms with van der Waals surface area (Å²) in [5.74, 6) is 0. The van der Waals surface area contributed by atoms with Crippen LogP contribution in [-0.2, 0) is 0 Å². The first-order chi connectivity index (χ1) is 6.36. The number of hydrogen-bond acceptors (Lipinski definition) is 4. The molecule has 0 aliphatic heterocycles. The maximum absolute atomic E-state index is 8.52. The van der Waals surface area contributed by atoms with E-state index in [0.29, 0.717) is 12.4 Å². The summed E-state index contributed by atoms with van der Waals surface area (Å²) in [7, 11) is 1.52. The van der Waals surface area contributed by atoms with Gasteiger partial charge in [-0.05, 0) is 6.42 Å². The molecule has 0 bridgehead atoms. The fraction of sp³-hybridized carbons (Fsp3) is 0.333. The van der Waals surface area contributed by atoms with E-state index in [1.807, 2.05) is 12.2 Å². The molecule has 0 aliphatic carbocycles.